The molecule has 0 aliphatic carbocycles. The third-order valence-electron chi connectivity index (χ3n) is 6.55. The van der Waals surface area contributed by atoms with Gasteiger partial charge in [-0.25, -0.2) is 8.42 Å². The number of rotatable bonds is 9. The number of Topliss-reactive ketones (excluding diaryl/α,β-unsaturated/α-hetero) is 1. The number of fused-ring (bicyclic) bond motifs is 1. The van der Waals surface area contributed by atoms with Crippen LogP contribution in [0, 0.1) is 5.92 Å². The Bertz CT molecular complexity index is 1430. The van der Waals surface area contributed by atoms with Crippen LogP contribution in [0.1, 0.15) is 50.1 Å². The van der Waals surface area contributed by atoms with Crippen LogP contribution in [0.25, 0.3) is 11.0 Å². The fourth-order valence-electron chi connectivity index (χ4n) is 4.56. The zero-order chi connectivity index (χ0) is 28.2. The Hall–Kier alpha value is -3.70. The SMILES string of the molecule is COc1cccc(S(=O)(=O)N2CCCCC(=O)[C@H]2NC(=O)C(CC(C)C)NC(=O)c2cc3ccccc3o2)c1. The van der Waals surface area contributed by atoms with Crippen molar-refractivity contribution in [2.45, 2.75) is 56.6 Å². The molecule has 0 bridgehead atoms. The molecule has 4 rings (SSSR count). The fraction of sp³-hybridized carbons (Fsp3) is 0.393. The Morgan fingerprint density at radius 2 is 1.87 bits per heavy atom. The van der Waals surface area contributed by atoms with Gasteiger partial charge in [0.25, 0.3) is 5.91 Å². The molecule has 10 nitrogen and oxygen atoms in total. The molecular formula is C28H33N3O7S. The number of nitrogens with zero attached hydrogens (tertiary/aromatic N) is 1. The summed E-state index contributed by atoms with van der Waals surface area (Å²) in [5.41, 5.74) is 0.537. The molecule has 2 N–H and O–H groups in total. The first-order valence-electron chi connectivity index (χ1n) is 12.9. The number of hydrogen-bond acceptors (Lipinski definition) is 7. The van der Waals surface area contributed by atoms with Crippen molar-refractivity contribution in [3.63, 3.8) is 0 Å². The van der Waals surface area contributed by atoms with Crippen LogP contribution in [-0.2, 0) is 19.6 Å². The predicted octanol–water partition coefficient (Wildman–Crippen LogP) is 3.47. The van der Waals surface area contributed by atoms with E-state index in [1.165, 1.54) is 19.2 Å². The van der Waals surface area contributed by atoms with Crippen molar-refractivity contribution >= 4 is 38.6 Å². The van der Waals surface area contributed by atoms with Crippen LogP contribution in [0.4, 0.5) is 0 Å². The lowest BCUT2D eigenvalue weighted by Crippen LogP contribution is -2.58. The van der Waals surface area contributed by atoms with Gasteiger partial charge in [0.2, 0.25) is 15.9 Å². The van der Waals surface area contributed by atoms with E-state index in [1.807, 2.05) is 26.0 Å². The Morgan fingerprint density at radius 3 is 2.59 bits per heavy atom. The number of carbonyl (C=O) groups is 3. The maximum absolute atomic E-state index is 13.6. The van der Waals surface area contributed by atoms with Crippen molar-refractivity contribution < 1.29 is 32.0 Å². The zero-order valence-corrected chi connectivity index (χ0v) is 23.0. The van der Waals surface area contributed by atoms with Gasteiger partial charge in [0, 0.05) is 24.4 Å². The second kappa shape index (κ2) is 12.0. The van der Waals surface area contributed by atoms with Gasteiger partial charge in [-0.1, -0.05) is 38.1 Å². The van der Waals surface area contributed by atoms with Gasteiger partial charge in [-0.2, -0.15) is 4.31 Å². The first-order valence-corrected chi connectivity index (χ1v) is 14.3. The first-order chi connectivity index (χ1) is 18.6. The molecule has 1 aliphatic rings. The number of furan rings is 1. The third kappa shape index (κ3) is 6.48. The predicted molar refractivity (Wildman–Crippen MR) is 145 cm³/mol. The zero-order valence-electron chi connectivity index (χ0n) is 22.2. The molecule has 0 radical (unpaired) electrons. The molecule has 11 heteroatoms. The number of benzene rings is 2. The van der Waals surface area contributed by atoms with Crippen molar-refractivity contribution in [3.05, 3.63) is 60.4 Å². The molecule has 1 saturated heterocycles. The molecule has 2 aromatic carbocycles. The molecule has 2 heterocycles. The number of ether oxygens (including phenoxy) is 1. The number of ketones is 1. The molecule has 1 unspecified atom stereocenters. The van der Waals surface area contributed by atoms with Crippen molar-refractivity contribution in [2.75, 3.05) is 13.7 Å². The second-order valence-corrected chi connectivity index (χ2v) is 11.8. The van der Waals surface area contributed by atoms with Gasteiger partial charge < -0.3 is 19.8 Å². The van der Waals surface area contributed by atoms with E-state index in [0.717, 1.165) is 9.69 Å². The van der Waals surface area contributed by atoms with Crippen molar-refractivity contribution in [1.82, 2.24) is 14.9 Å². The number of para-hydroxylation sites is 1. The van der Waals surface area contributed by atoms with E-state index < -0.39 is 39.8 Å². The van der Waals surface area contributed by atoms with E-state index in [2.05, 4.69) is 10.6 Å². The monoisotopic (exact) mass is 555 g/mol. The summed E-state index contributed by atoms with van der Waals surface area (Å²) in [6, 6.07) is 13.7. The molecule has 0 saturated carbocycles. The molecule has 0 spiro atoms. The first kappa shape index (κ1) is 28.3. The lowest BCUT2D eigenvalue weighted by Gasteiger charge is -2.30. The maximum Gasteiger partial charge on any atom is 0.287 e. The summed E-state index contributed by atoms with van der Waals surface area (Å²) in [6.45, 7) is 3.84. The van der Waals surface area contributed by atoms with Crippen LogP contribution in [-0.4, -0.2) is 56.2 Å². The van der Waals surface area contributed by atoms with Crippen molar-refractivity contribution in [3.8, 4) is 5.75 Å². The van der Waals surface area contributed by atoms with E-state index in [-0.39, 0.29) is 36.0 Å². The summed E-state index contributed by atoms with van der Waals surface area (Å²) in [5, 5.41) is 6.08. The minimum atomic E-state index is -4.16. The minimum Gasteiger partial charge on any atom is -0.497 e. The molecule has 208 valence electrons. The maximum atomic E-state index is 13.6. The van der Waals surface area contributed by atoms with Crippen LogP contribution < -0.4 is 15.4 Å². The highest BCUT2D eigenvalue weighted by molar-refractivity contribution is 7.89. The number of nitrogens with one attached hydrogen (secondary N) is 2. The molecule has 3 aromatic rings. The average Bonchev–Trinajstić information content (AvgIpc) is 3.27. The van der Waals surface area contributed by atoms with Gasteiger partial charge >= 0.3 is 0 Å². The summed E-state index contributed by atoms with van der Waals surface area (Å²) >= 11 is 0. The number of amides is 2. The molecular weight excluding hydrogens is 522 g/mol. The van der Waals surface area contributed by atoms with E-state index in [4.69, 9.17) is 9.15 Å². The van der Waals surface area contributed by atoms with E-state index in [1.54, 1.807) is 30.3 Å². The number of carbonyl (C=O) groups excluding carboxylic acids is 3. The molecule has 2 amide bonds. The van der Waals surface area contributed by atoms with Crippen LogP contribution in [0.15, 0.2) is 63.9 Å². The van der Waals surface area contributed by atoms with Gasteiger partial charge in [-0.05, 0) is 49.4 Å². The van der Waals surface area contributed by atoms with Crippen LogP contribution in [0.3, 0.4) is 0 Å². The van der Waals surface area contributed by atoms with Crippen LogP contribution in [0.2, 0.25) is 0 Å². The number of methoxy groups -OCH3 is 1. The highest BCUT2D eigenvalue weighted by Gasteiger charge is 2.39. The third-order valence-corrected chi connectivity index (χ3v) is 8.41. The highest BCUT2D eigenvalue weighted by atomic mass is 32.2. The number of sulfonamides is 1. The topological polar surface area (TPSA) is 135 Å². The normalized spacial score (nSPS) is 17.5. The summed E-state index contributed by atoms with van der Waals surface area (Å²) < 4.78 is 39.1. The molecule has 1 aliphatic heterocycles. The Labute approximate surface area is 227 Å². The molecule has 1 fully saturated rings. The van der Waals surface area contributed by atoms with Gasteiger partial charge in [0.15, 0.2) is 17.7 Å². The van der Waals surface area contributed by atoms with Gasteiger partial charge in [-0.3, -0.25) is 14.4 Å². The van der Waals surface area contributed by atoms with Crippen LogP contribution in [0.5, 0.6) is 5.75 Å². The largest absolute Gasteiger partial charge is 0.497 e. The summed E-state index contributed by atoms with van der Waals surface area (Å²) in [4.78, 5) is 39.6. The summed E-state index contributed by atoms with van der Waals surface area (Å²) in [6.07, 6.45) is -0.0714. The molecule has 2 atom stereocenters. The van der Waals surface area contributed by atoms with Crippen molar-refractivity contribution in [1.29, 1.82) is 0 Å². The molecule has 1 aromatic heterocycles. The van der Waals surface area contributed by atoms with Gasteiger partial charge in [0.1, 0.15) is 17.4 Å². The standard InChI is InChI=1S/C28H33N3O7S/c1-18(2)15-22(29-28(34)25-16-19-9-4-5-13-24(19)38-25)27(33)30-26-23(32)12-6-7-14-31(26)39(35,36)21-11-8-10-20(17-21)37-3/h4-5,8-11,13,16-18,22,26H,6-7,12,14-15H2,1-3H3,(H,29,34)(H,30,33)/t22?,26-/m0/s1. The number of hydrogen-bond donors (Lipinski definition) is 2. The van der Waals surface area contributed by atoms with Gasteiger partial charge in [-0.15, -0.1) is 0 Å². The Kier molecular flexibility index (Phi) is 8.71. The Morgan fingerprint density at radius 1 is 1.10 bits per heavy atom. The smallest absolute Gasteiger partial charge is 0.287 e. The van der Waals surface area contributed by atoms with E-state index in [0.29, 0.717) is 24.2 Å². The quantitative estimate of drug-likeness (QED) is 0.413. The molecule has 39 heavy (non-hydrogen) atoms. The lowest BCUT2D eigenvalue weighted by molar-refractivity contribution is -0.131. The summed E-state index contributed by atoms with van der Waals surface area (Å²) in [5.74, 6) is -1.25. The minimum absolute atomic E-state index is 0.0122. The van der Waals surface area contributed by atoms with Crippen molar-refractivity contribution in [2.24, 2.45) is 5.92 Å². The summed E-state index contributed by atoms with van der Waals surface area (Å²) in [7, 11) is -2.73. The lowest BCUT2D eigenvalue weighted by atomic mass is 10.0. The van der Waals surface area contributed by atoms with Crippen LogP contribution >= 0.6 is 0 Å². The average molecular weight is 556 g/mol. The highest BCUT2D eigenvalue weighted by Crippen LogP contribution is 2.25. The fourth-order valence-corrected chi connectivity index (χ4v) is 6.17. The Balaban J connectivity index is 1.59. The van der Waals surface area contributed by atoms with E-state index in [9.17, 15) is 22.8 Å². The van der Waals surface area contributed by atoms with Gasteiger partial charge in [0.05, 0.1) is 12.0 Å². The van der Waals surface area contributed by atoms with E-state index >= 15 is 0 Å². The second-order valence-electron chi connectivity index (χ2n) is 9.93.